The summed E-state index contributed by atoms with van der Waals surface area (Å²) in [6.07, 6.45) is -13.0. The molecule has 76 heavy (non-hydrogen) atoms. The van der Waals surface area contributed by atoms with E-state index in [9.17, 15) is 64.2 Å². The summed E-state index contributed by atoms with van der Waals surface area (Å²) in [5, 5.41) is 83.0. The fraction of sp³-hybridized carbons (Fsp3) is 0.592. The van der Waals surface area contributed by atoms with Crippen LogP contribution >= 0.6 is 0 Å². The molecule has 27 heteroatoms. The molecular weight excluding hydrogens is 999 g/mol. The molecule has 27 nitrogen and oxygen atoms in total. The Morgan fingerprint density at radius 2 is 1.50 bits per heavy atom. The molecule has 7 amide bonds. The zero-order chi connectivity index (χ0) is 56.0. The number of alkyl carbamates (subject to hydrolysis) is 1. The SMILES string of the molecule is [C-]#[N+]C[C@@H](O)[C@@H]1NC(=O)[C@H]([C@H](O)Cc2ccc(OCc3ccccc3)c(OCCN=[N+]=[N-])c2)NC(=O)[C@@H]2C[C@@H](O)CN2C(=O)[C@H]([C@@H](C)O)NC(=O)[C@@H](NC(=O)OC(C)(C)C)C[C@@H](O)CNC(=O)[C@@H]2[C@@H](O)[C@@H](C)CN2C1=O. The minimum Gasteiger partial charge on any atom is -0.490 e. The van der Waals surface area contributed by atoms with Crippen LogP contribution in [0.1, 0.15) is 58.6 Å². The lowest BCUT2D eigenvalue weighted by atomic mass is 9.99. The molecule has 0 spiro atoms. The van der Waals surface area contributed by atoms with Crippen LogP contribution < -0.4 is 36.1 Å². The molecule has 414 valence electrons. The Morgan fingerprint density at radius 1 is 0.829 bits per heavy atom. The van der Waals surface area contributed by atoms with Gasteiger partial charge in [0.15, 0.2) is 17.6 Å². The van der Waals surface area contributed by atoms with Crippen LogP contribution in [0.4, 0.5) is 4.79 Å². The number of aliphatic hydroxyl groups is 6. The average Bonchev–Trinajstić information content (AvgIpc) is 3.91. The third kappa shape index (κ3) is 16.1. The first kappa shape index (κ1) is 59.6. The number of carbonyl (C=O) groups excluding carboxylic acids is 7. The van der Waals surface area contributed by atoms with E-state index < -0.39 is 165 Å². The zero-order valence-corrected chi connectivity index (χ0v) is 42.6. The van der Waals surface area contributed by atoms with Crippen LogP contribution in [0.15, 0.2) is 53.6 Å². The highest BCUT2D eigenvalue weighted by molar-refractivity contribution is 5.98. The molecule has 3 aliphatic rings. The number of carbonyl (C=O) groups is 7. The second-order valence-electron chi connectivity index (χ2n) is 19.9. The Balaban J connectivity index is 1.58. The van der Waals surface area contributed by atoms with Crippen LogP contribution in [0.25, 0.3) is 15.3 Å². The zero-order valence-electron chi connectivity index (χ0n) is 42.6. The van der Waals surface area contributed by atoms with E-state index in [2.05, 4.69) is 41.5 Å². The normalized spacial score (nSPS) is 27.3. The third-order valence-corrected chi connectivity index (χ3v) is 12.6. The third-order valence-electron chi connectivity index (χ3n) is 12.6. The molecule has 3 aliphatic heterocycles. The molecule has 2 aromatic rings. The highest BCUT2D eigenvalue weighted by Gasteiger charge is 2.50. The van der Waals surface area contributed by atoms with Gasteiger partial charge in [0, 0.05) is 49.7 Å². The Bertz CT molecular complexity index is 2480. The molecule has 3 fully saturated rings. The molecule has 3 saturated heterocycles. The molecule has 0 unspecified atom stereocenters. The number of β-amino-alcohol motifs (C(OH)–C–C–N with tert-alkyl or cyclic N) is 1. The van der Waals surface area contributed by atoms with Crippen LogP contribution in [0.3, 0.4) is 0 Å². The summed E-state index contributed by atoms with van der Waals surface area (Å²) in [6, 6.07) is 2.41. The van der Waals surface area contributed by atoms with E-state index in [1.165, 1.54) is 45.9 Å². The topological polar surface area (TPSA) is 388 Å². The minimum atomic E-state index is -2.09. The van der Waals surface area contributed by atoms with Crippen LogP contribution in [0, 0.1) is 12.5 Å². The van der Waals surface area contributed by atoms with Crippen LogP contribution in [0.5, 0.6) is 11.5 Å². The van der Waals surface area contributed by atoms with Gasteiger partial charge in [-0.2, -0.15) is 0 Å². The van der Waals surface area contributed by atoms with Crippen molar-refractivity contribution in [2.45, 2.75) is 139 Å². The van der Waals surface area contributed by atoms with Crippen molar-refractivity contribution >= 4 is 41.5 Å². The number of amides is 7. The van der Waals surface area contributed by atoms with Gasteiger partial charge in [0.25, 0.3) is 0 Å². The van der Waals surface area contributed by atoms with Gasteiger partial charge in [-0.3, -0.25) is 28.8 Å². The first-order valence-corrected chi connectivity index (χ1v) is 24.6. The summed E-state index contributed by atoms with van der Waals surface area (Å²) in [5.74, 6) is -7.43. The summed E-state index contributed by atoms with van der Waals surface area (Å²) in [4.78, 5) is 107. The molecule has 0 radical (unpaired) electrons. The maximum atomic E-state index is 14.7. The van der Waals surface area contributed by atoms with Gasteiger partial charge in [-0.15, -0.1) is 0 Å². The van der Waals surface area contributed by atoms with Gasteiger partial charge in [0.1, 0.15) is 48.5 Å². The predicted octanol–water partition coefficient (Wildman–Crippen LogP) is -2.08. The number of hydrogen-bond donors (Lipinski definition) is 11. The molecular formula is C49H67N11O16. The summed E-state index contributed by atoms with van der Waals surface area (Å²) in [5.41, 5.74) is 8.82. The summed E-state index contributed by atoms with van der Waals surface area (Å²) < 4.78 is 17.2. The highest BCUT2D eigenvalue weighted by atomic mass is 16.6. The maximum absolute atomic E-state index is 14.7. The largest absolute Gasteiger partial charge is 0.490 e. The van der Waals surface area contributed by atoms with Gasteiger partial charge >= 0.3 is 6.09 Å². The van der Waals surface area contributed by atoms with Gasteiger partial charge in [-0.05, 0) is 56.5 Å². The first-order chi connectivity index (χ1) is 35.9. The van der Waals surface area contributed by atoms with Crippen LogP contribution in [0.2, 0.25) is 0 Å². The second kappa shape index (κ2) is 27.0. The number of nitrogens with zero attached hydrogens (tertiary/aromatic N) is 6. The first-order valence-electron chi connectivity index (χ1n) is 24.6. The van der Waals surface area contributed by atoms with Crippen LogP contribution in [-0.4, -0.2) is 200 Å². The Morgan fingerprint density at radius 3 is 2.16 bits per heavy atom. The number of rotatable bonds is 14. The van der Waals surface area contributed by atoms with E-state index in [1.54, 1.807) is 0 Å². The number of hydrogen-bond acceptors (Lipinski definition) is 17. The molecule has 13 atom stereocenters. The number of aliphatic hydroxyl groups excluding tert-OH is 6. The summed E-state index contributed by atoms with van der Waals surface area (Å²) in [7, 11) is 0. The molecule has 2 aromatic carbocycles. The molecule has 5 rings (SSSR count). The number of ether oxygens (including phenoxy) is 3. The van der Waals surface area contributed by atoms with Gasteiger partial charge in [0.2, 0.25) is 42.0 Å². The van der Waals surface area contributed by atoms with E-state index in [4.69, 9.17) is 26.3 Å². The molecule has 11 N–H and O–H groups in total. The molecule has 0 saturated carbocycles. The highest BCUT2D eigenvalue weighted by Crippen LogP contribution is 2.31. The van der Waals surface area contributed by atoms with Crippen molar-refractivity contribution in [3.63, 3.8) is 0 Å². The van der Waals surface area contributed by atoms with Gasteiger partial charge in [0.05, 0.1) is 43.7 Å². The monoisotopic (exact) mass is 1070 g/mol. The van der Waals surface area contributed by atoms with E-state index >= 15 is 0 Å². The van der Waals surface area contributed by atoms with Crippen molar-refractivity contribution in [2.75, 3.05) is 39.3 Å². The molecule has 3 heterocycles. The van der Waals surface area contributed by atoms with E-state index in [0.717, 1.165) is 22.3 Å². The van der Waals surface area contributed by atoms with Crippen LogP contribution in [-0.2, 0) is 46.5 Å². The lowest BCUT2D eigenvalue weighted by Gasteiger charge is -2.33. The lowest BCUT2D eigenvalue weighted by Crippen LogP contribution is -2.64. The smallest absolute Gasteiger partial charge is 0.408 e. The molecule has 0 aliphatic carbocycles. The van der Waals surface area contributed by atoms with Gasteiger partial charge < -0.3 is 86.1 Å². The standard InChI is InChI=1S/C49H67N11O16/c1-25-22-60-40(41(25)66)45(70)52-20-29(62)18-31(54-48(73)76-49(3,4)5)42(67)55-37(26(2)61)46(71)59-23-30(63)19-32(59)43(68)56-38(44(69)57-39(47(60)72)34(65)21-51-6)33(64)16-28-12-13-35(36(17-28)74-15-14-53-58-50)75-24-27-10-8-7-9-11-27/h7-13,17,25-26,29-34,37-41,61-66H,14-16,18-24H2,1-5H3,(H,52,70)(H,54,73)(H,55,67)(H,56,68)(H,57,69)/t25-,26+,29+,30+,31-,32-,33+,34+,37-,38-,39-,40-,41-/m0/s1. The summed E-state index contributed by atoms with van der Waals surface area (Å²) >= 11 is 0. The summed E-state index contributed by atoms with van der Waals surface area (Å²) in [6.45, 7) is 12.3. The maximum Gasteiger partial charge on any atom is 0.408 e. The fourth-order valence-corrected chi connectivity index (χ4v) is 8.81. The van der Waals surface area contributed by atoms with Gasteiger partial charge in [-0.25, -0.2) is 11.4 Å². The number of azide groups is 1. The quantitative estimate of drug-likeness (QED) is 0.0318. The molecule has 0 aromatic heterocycles. The second-order valence-corrected chi connectivity index (χ2v) is 19.9. The van der Waals surface area contributed by atoms with E-state index in [-0.39, 0.29) is 43.4 Å². The van der Waals surface area contributed by atoms with E-state index in [1.807, 2.05) is 30.3 Å². The van der Waals surface area contributed by atoms with Crippen molar-refractivity contribution in [1.29, 1.82) is 0 Å². The molecule has 0 bridgehead atoms. The number of fused-ring (bicyclic) bond motifs is 2. The predicted molar refractivity (Wildman–Crippen MR) is 265 cm³/mol. The van der Waals surface area contributed by atoms with Crippen molar-refractivity contribution in [3.8, 4) is 11.5 Å². The Hall–Kier alpha value is -7.31. The van der Waals surface area contributed by atoms with Crippen molar-refractivity contribution < 1.29 is 78.4 Å². The van der Waals surface area contributed by atoms with Crippen molar-refractivity contribution in [3.05, 3.63) is 81.5 Å². The fourth-order valence-electron chi connectivity index (χ4n) is 8.81. The lowest BCUT2D eigenvalue weighted by molar-refractivity contribution is -0.147. The minimum absolute atomic E-state index is 0.0790. The number of benzene rings is 2. The van der Waals surface area contributed by atoms with Gasteiger partial charge in [-0.1, -0.05) is 48.4 Å². The Kier molecular flexibility index (Phi) is 21.1. The Labute approximate surface area is 437 Å². The van der Waals surface area contributed by atoms with Crippen molar-refractivity contribution in [1.82, 2.24) is 36.4 Å². The number of nitrogens with one attached hydrogen (secondary N) is 5. The average molecular weight is 1070 g/mol. The van der Waals surface area contributed by atoms with Crippen molar-refractivity contribution in [2.24, 2.45) is 11.0 Å². The van der Waals surface area contributed by atoms with E-state index in [0.29, 0.717) is 0 Å².